The van der Waals surface area contributed by atoms with Gasteiger partial charge in [-0.25, -0.2) is 0 Å². The molecule has 0 spiro atoms. The Morgan fingerprint density at radius 1 is 1.67 bits per heavy atom. The van der Waals surface area contributed by atoms with E-state index < -0.39 is 15.3 Å². The van der Waals surface area contributed by atoms with Gasteiger partial charge in [-0.3, -0.25) is 4.11 Å². The lowest BCUT2D eigenvalue weighted by atomic mass is 10.4. The van der Waals surface area contributed by atoms with E-state index in [0.29, 0.717) is 12.7 Å². The monoisotopic (exact) mass is 190 g/mol. The number of carboxylic acids is 1. The molecule has 1 aliphatic heterocycles. The van der Waals surface area contributed by atoms with Crippen molar-refractivity contribution in [3.05, 3.63) is 12.7 Å². The van der Waals surface area contributed by atoms with E-state index in [0.717, 1.165) is 18.9 Å². The Morgan fingerprint density at radius 3 is 2.42 bits per heavy atom. The van der Waals surface area contributed by atoms with Crippen molar-refractivity contribution in [2.45, 2.75) is 18.9 Å². The smallest absolute Gasteiger partial charge is 0.433 e. The first-order chi connectivity index (χ1) is 5.66. The van der Waals surface area contributed by atoms with Gasteiger partial charge < -0.3 is 14.3 Å². The maximum Gasteiger partial charge on any atom is 0.433 e. The van der Waals surface area contributed by atoms with Gasteiger partial charge in [0.2, 0.25) is 0 Å². The van der Waals surface area contributed by atoms with Gasteiger partial charge in [0, 0.05) is 6.61 Å². The molecule has 0 saturated carbocycles. The number of carbonyl (C=O) groups excluding carboxylic acids is 1. The normalized spacial score (nSPS) is 17.4. The van der Waals surface area contributed by atoms with Crippen LogP contribution in [0.3, 0.4) is 0 Å². The lowest BCUT2D eigenvalue weighted by molar-refractivity contribution is -0.297. The summed E-state index contributed by atoms with van der Waals surface area (Å²) in [5.74, 6) is -1.23. The van der Waals surface area contributed by atoms with Gasteiger partial charge in [0.25, 0.3) is 0 Å². The second-order valence-electron chi connectivity index (χ2n) is 2.18. The number of carboxylic acid groups (broad SMARTS) is 1. The summed E-state index contributed by atoms with van der Waals surface area (Å²) < 4.78 is 16.8. The number of hydrogen-bond acceptors (Lipinski definition) is 3. The Bertz CT molecular complexity index is 146. The van der Waals surface area contributed by atoms with Gasteiger partial charge >= 0.3 is 9.37 Å². The van der Waals surface area contributed by atoms with Crippen molar-refractivity contribution < 1.29 is 18.4 Å². The molecule has 0 amide bonds. The molecule has 3 nitrogen and oxygen atoms in total. The second kappa shape index (κ2) is 6.99. The second-order valence-corrected chi connectivity index (χ2v) is 3.68. The third kappa shape index (κ3) is 7.42. The molecule has 1 fully saturated rings. The van der Waals surface area contributed by atoms with Gasteiger partial charge in [0.1, 0.15) is 0 Å². The summed E-state index contributed by atoms with van der Waals surface area (Å²) >= 11 is 0. The molecule has 0 atom stereocenters. The predicted molar refractivity (Wildman–Crippen MR) is 42.1 cm³/mol. The van der Waals surface area contributed by atoms with E-state index in [4.69, 9.17) is 14.3 Å². The quantitative estimate of drug-likeness (QED) is 0.336. The standard InChI is InChI=1S/C4H8FOSi.C3H4O2/c5-7-4-2-1-3-6-7;1-2-3(4)5/h1-4H2;2H,1H2,(H,4,5)/p-1. The molecule has 1 radical (unpaired) electrons. The molecular weight excluding hydrogens is 179 g/mol. The van der Waals surface area contributed by atoms with Crippen molar-refractivity contribution in [1.29, 1.82) is 0 Å². The highest BCUT2D eigenvalue weighted by Gasteiger charge is 2.16. The van der Waals surface area contributed by atoms with Crippen LogP contribution in [0.2, 0.25) is 6.04 Å². The summed E-state index contributed by atoms with van der Waals surface area (Å²) in [6, 6.07) is 0.699. The molecule has 1 aliphatic rings. The van der Waals surface area contributed by atoms with E-state index in [1.807, 2.05) is 0 Å². The Labute approximate surface area is 72.7 Å². The molecule has 5 heteroatoms. The summed E-state index contributed by atoms with van der Waals surface area (Å²) in [6.07, 6.45) is 2.81. The Morgan fingerprint density at radius 2 is 2.25 bits per heavy atom. The van der Waals surface area contributed by atoms with Crippen LogP contribution in [0.1, 0.15) is 12.8 Å². The fraction of sp³-hybridized carbons (Fsp3) is 0.571. The van der Waals surface area contributed by atoms with Gasteiger partial charge in [0.15, 0.2) is 0 Å². The largest absolute Gasteiger partial charge is 0.545 e. The maximum atomic E-state index is 12.1. The van der Waals surface area contributed by atoms with E-state index >= 15 is 0 Å². The summed E-state index contributed by atoms with van der Waals surface area (Å²) in [5.41, 5.74) is 0. The Balaban J connectivity index is 0.000000217. The van der Waals surface area contributed by atoms with Crippen LogP contribution in [0.5, 0.6) is 0 Å². The zero-order valence-corrected chi connectivity index (χ0v) is 7.72. The van der Waals surface area contributed by atoms with Crippen molar-refractivity contribution in [2.75, 3.05) is 6.61 Å². The zero-order valence-electron chi connectivity index (χ0n) is 6.72. The van der Waals surface area contributed by atoms with Gasteiger partial charge in [-0.05, 0) is 25.0 Å². The summed E-state index contributed by atoms with van der Waals surface area (Å²) in [4.78, 5) is 9.14. The van der Waals surface area contributed by atoms with Crippen LogP contribution < -0.4 is 5.11 Å². The summed E-state index contributed by atoms with van der Waals surface area (Å²) in [6.45, 7) is 3.56. The van der Waals surface area contributed by atoms with Crippen molar-refractivity contribution in [1.82, 2.24) is 0 Å². The van der Waals surface area contributed by atoms with Crippen LogP contribution in [-0.4, -0.2) is 22.0 Å². The number of rotatable bonds is 1. The van der Waals surface area contributed by atoms with E-state index in [9.17, 15) is 4.11 Å². The molecule has 0 N–H and O–H groups in total. The zero-order chi connectivity index (χ0) is 9.40. The average Bonchev–Trinajstić information content (AvgIpc) is 2.07. The minimum absolute atomic E-state index is 0.658. The Kier molecular flexibility index (Phi) is 6.59. The number of aliphatic carboxylic acids is 1. The van der Waals surface area contributed by atoms with Crippen molar-refractivity contribution in [3.63, 3.8) is 0 Å². The van der Waals surface area contributed by atoms with Crippen LogP contribution in [0.25, 0.3) is 0 Å². The van der Waals surface area contributed by atoms with Gasteiger partial charge in [-0.1, -0.05) is 6.58 Å². The molecule has 0 aromatic heterocycles. The molecule has 0 unspecified atom stereocenters. The van der Waals surface area contributed by atoms with E-state index in [1.54, 1.807) is 0 Å². The molecule has 0 aromatic carbocycles. The molecule has 1 rings (SSSR count). The average molecular weight is 190 g/mol. The van der Waals surface area contributed by atoms with Crippen molar-refractivity contribution in [2.24, 2.45) is 0 Å². The predicted octanol–water partition coefficient (Wildman–Crippen LogP) is 0.177. The van der Waals surface area contributed by atoms with Crippen molar-refractivity contribution in [3.8, 4) is 0 Å². The highest BCUT2D eigenvalue weighted by molar-refractivity contribution is 6.43. The molecule has 12 heavy (non-hydrogen) atoms. The fourth-order valence-corrected chi connectivity index (χ4v) is 1.66. The highest BCUT2D eigenvalue weighted by Crippen LogP contribution is 2.10. The number of hydrogen-bond donors (Lipinski definition) is 0. The van der Waals surface area contributed by atoms with Gasteiger partial charge in [-0.15, -0.1) is 0 Å². The maximum absolute atomic E-state index is 12.1. The fourth-order valence-electron chi connectivity index (χ4n) is 0.621. The molecule has 1 saturated heterocycles. The molecule has 69 valence electrons. The molecule has 1 heterocycles. The minimum atomic E-state index is -1.79. The highest BCUT2D eigenvalue weighted by atomic mass is 28.3. The number of carbonyl (C=O) groups is 1. The van der Waals surface area contributed by atoms with Crippen LogP contribution in [0.4, 0.5) is 4.11 Å². The SMILES string of the molecule is C=CC(=O)[O-].F[Si]1CCCCO1. The van der Waals surface area contributed by atoms with Crippen molar-refractivity contribution >= 4 is 15.3 Å². The first-order valence-corrected chi connectivity index (χ1v) is 5.13. The molecular formula is C7H11FO3Si-. The van der Waals surface area contributed by atoms with Crippen LogP contribution in [0, 0.1) is 0 Å². The third-order valence-corrected chi connectivity index (χ3v) is 2.46. The molecule has 0 aliphatic carbocycles. The van der Waals surface area contributed by atoms with Crippen LogP contribution in [-0.2, 0) is 9.22 Å². The first kappa shape index (κ1) is 11.3. The lowest BCUT2D eigenvalue weighted by Gasteiger charge is -2.10. The molecule has 0 bridgehead atoms. The van der Waals surface area contributed by atoms with E-state index in [2.05, 4.69) is 6.58 Å². The van der Waals surface area contributed by atoms with Gasteiger partial charge in [-0.2, -0.15) is 0 Å². The van der Waals surface area contributed by atoms with E-state index in [1.165, 1.54) is 0 Å². The third-order valence-electron chi connectivity index (χ3n) is 1.19. The first-order valence-electron chi connectivity index (χ1n) is 3.64. The summed E-state index contributed by atoms with van der Waals surface area (Å²) in [7, 11) is -1.79. The topological polar surface area (TPSA) is 49.4 Å². The van der Waals surface area contributed by atoms with E-state index in [-0.39, 0.29) is 0 Å². The van der Waals surface area contributed by atoms with Gasteiger partial charge in [0.05, 0.1) is 5.97 Å². The number of halogens is 1. The lowest BCUT2D eigenvalue weighted by Crippen LogP contribution is -2.17. The minimum Gasteiger partial charge on any atom is -0.545 e. The van der Waals surface area contributed by atoms with Crippen LogP contribution in [0.15, 0.2) is 12.7 Å². The summed E-state index contributed by atoms with van der Waals surface area (Å²) in [5, 5.41) is 9.14. The Hall–Kier alpha value is -0.683. The molecule has 0 aromatic rings. The van der Waals surface area contributed by atoms with Crippen LogP contribution >= 0.6 is 0 Å².